The fraction of sp³-hybridized carbons (Fsp3) is 0.154. The lowest BCUT2D eigenvalue weighted by Gasteiger charge is -2.13. The maximum atomic E-state index is 13.1. The fourth-order valence-electron chi connectivity index (χ4n) is 3.45. The third kappa shape index (κ3) is 4.68. The summed E-state index contributed by atoms with van der Waals surface area (Å²) in [6, 6.07) is 21.4. The highest BCUT2D eigenvalue weighted by Crippen LogP contribution is 2.40. The molecule has 0 saturated carbocycles. The number of thiazole rings is 1. The van der Waals surface area contributed by atoms with Crippen LogP contribution in [-0.4, -0.2) is 32.2 Å². The fourth-order valence-corrected chi connectivity index (χ4v) is 4.44. The molecule has 0 spiro atoms. The summed E-state index contributed by atoms with van der Waals surface area (Å²) in [5, 5.41) is 3.43. The summed E-state index contributed by atoms with van der Waals surface area (Å²) in [5.41, 5.74) is 4.40. The molecule has 0 fully saturated rings. The summed E-state index contributed by atoms with van der Waals surface area (Å²) in [4.78, 5) is 18.8. The number of amides is 1. The van der Waals surface area contributed by atoms with Gasteiger partial charge in [-0.1, -0.05) is 71.5 Å². The van der Waals surface area contributed by atoms with E-state index in [1.807, 2.05) is 49.4 Å². The predicted octanol–water partition coefficient (Wildman–Crippen LogP) is 6.06. The SMILES string of the molecule is COc1cc(C(=O)Nc2nc(-c3ccc(C)cc3)c(-c3ccccc3)s2)cc(OC)c1OC. The molecule has 0 saturated heterocycles. The van der Waals surface area contributed by atoms with Gasteiger partial charge in [0.15, 0.2) is 16.6 Å². The number of aryl methyl sites for hydroxylation is 1. The molecule has 3 aromatic carbocycles. The molecule has 0 atom stereocenters. The number of anilines is 1. The van der Waals surface area contributed by atoms with E-state index in [1.54, 1.807) is 12.1 Å². The summed E-state index contributed by atoms with van der Waals surface area (Å²) in [6.45, 7) is 2.05. The Hall–Kier alpha value is -3.84. The van der Waals surface area contributed by atoms with E-state index in [4.69, 9.17) is 19.2 Å². The van der Waals surface area contributed by atoms with Crippen LogP contribution in [0.3, 0.4) is 0 Å². The number of aromatic nitrogens is 1. The van der Waals surface area contributed by atoms with Crippen LogP contribution < -0.4 is 19.5 Å². The topological polar surface area (TPSA) is 69.7 Å². The van der Waals surface area contributed by atoms with Crippen molar-refractivity contribution in [1.82, 2.24) is 4.98 Å². The molecule has 4 aromatic rings. The van der Waals surface area contributed by atoms with Crippen molar-refractivity contribution in [3.8, 4) is 38.9 Å². The van der Waals surface area contributed by atoms with E-state index in [1.165, 1.54) is 38.2 Å². The maximum Gasteiger partial charge on any atom is 0.257 e. The van der Waals surface area contributed by atoms with Gasteiger partial charge in [-0.15, -0.1) is 0 Å². The van der Waals surface area contributed by atoms with Crippen LogP contribution in [0.25, 0.3) is 21.7 Å². The molecule has 1 amide bonds. The van der Waals surface area contributed by atoms with Crippen molar-refractivity contribution in [3.63, 3.8) is 0 Å². The summed E-state index contributed by atoms with van der Waals surface area (Å²) < 4.78 is 16.1. The Bertz CT molecular complexity index is 1240. The van der Waals surface area contributed by atoms with Gasteiger partial charge in [-0.2, -0.15) is 0 Å². The molecule has 1 N–H and O–H groups in total. The molecule has 1 heterocycles. The summed E-state index contributed by atoms with van der Waals surface area (Å²) in [5.74, 6) is 0.926. The van der Waals surface area contributed by atoms with Gasteiger partial charge in [-0.25, -0.2) is 4.98 Å². The number of nitrogens with zero attached hydrogens (tertiary/aromatic N) is 1. The van der Waals surface area contributed by atoms with Crippen molar-refractivity contribution in [2.45, 2.75) is 6.92 Å². The zero-order valence-corrected chi connectivity index (χ0v) is 19.7. The first-order chi connectivity index (χ1) is 16.0. The van der Waals surface area contributed by atoms with Crippen LogP contribution in [0.2, 0.25) is 0 Å². The molecule has 168 valence electrons. The van der Waals surface area contributed by atoms with Crippen molar-refractivity contribution in [1.29, 1.82) is 0 Å². The predicted molar refractivity (Wildman–Crippen MR) is 132 cm³/mol. The monoisotopic (exact) mass is 460 g/mol. The molecule has 6 nitrogen and oxygen atoms in total. The van der Waals surface area contributed by atoms with E-state index in [-0.39, 0.29) is 5.91 Å². The number of carbonyl (C=O) groups is 1. The van der Waals surface area contributed by atoms with Crippen LogP contribution in [-0.2, 0) is 0 Å². The highest BCUT2D eigenvalue weighted by Gasteiger charge is 2.20. The number of hydrogen-bond donors (Lipinski definition) is 1. The molecule has 4 rings (SSSR count). The first kappa shape index (κ1) is 22.4. The van der Waals surface area contributed by atoms with Crippen LogP contribution in [0, 0.1) is 6.92 Å². The summed E-state index contributed by atoms with van der Waals surface area (Å²) >= 11 is 1.43. The number of benzene rings is 3. The molecule has 33 heavy (non-hydrogen) atoms. The quantitative estimate of drug-likeness (QED) is 0.363. The highest BCUT2D eigenvalue weighted by atomic mass is 32.1. The molecular formula is C26H24N2O4S. The minimum absolute atomic E-state index is 0.321. The third-order valence-electron chi connectivity index (χ3n) is 5.14. The lowest BCUT2D eigenvalue weighted by atomic mass is 10.1. The Kier molecular flexibility index (Phi) is 6.60. The van der Waals surface area contributed by atoms with E-state index in [0.29, 0.717) is 27.9 Å². The van der Waals surface area contributed by atoms with Gasteiger partial charge >= 0.3 is 0 Å². The van der Waals surface area contributed by atoms with E-state index in [9.17, 15) is 4.79 Å². The molecule has 0 aliphatic rings. The lowest BCUT2D eigenvalue weighted by Crippen LogP contribution is -2.12. The number of rotatable bonds is 7. The molecule has 0 radical (unpaired) electrons. The number of carbonyl (C=O) groups excluding carboxylic acids is 1. The normalized spacial score (nSPS) is 10.5. The molecule has 0 aliphatic heterocycles. The first-order valence-corrected chi connectivity index (χ1v) is 11.1. The standard InChI is InChI=1S/C26H24N2O4S/c1-16-10-12-17(13-11-16)22-24(18-8-6-5-7-9-18)33-26(27-22)28-25(29)19-14-20(30-2)23(32-4)21(15-19)31-3/h5-15H,1-4H3,(H,27,28,29). The molecule has 1 aromatic heterocycles. The van der Waals surface area contributed by atoms with E-state index < -0.39 is 0 Å². The van der Waals surface area contributed by atoms with Crippen LogP contribution in [0.4, 0.5) is 5.13 Å². The second kappa shape index (κ2) is 9.75. The minimum atomic E-state index is -0.321. The Morgan fingerprint density at radius 3 is 2.06 bits per heavy atom. The van der Waals surface area contributed by atoms with Gasteiger partial charge in [0.25, 0.3) is 5.91 Å². The van der Waals surface area contributed by atoms with Crippen LogP contribution in [0.5, 0.6) is 17.2 Å². The van der Waals surface area contributed by atoms with Crippen molar-refractivity contribution < 1.29 is 19.0 Å². The second-order valence-electron chi connectivity index (χ2n) is 7.30. The third-order valence-corrected chi connectivity index (χ3v) is 6.16. The largest absolute Gasteiger partial charge is 0.493 e. The average molecular weight is 461 g/mol. The van der Waals surface area contributed by atoms with Gasteiger partial charge in [-0.3, -0.25) is 10.1 Å². The van der Waals surface area contributed by atoms with Gasteiger partial charge in [-0.05, 0) is 24.6 Å². The number of hydrogen-bond acceptors (Lipinski definition) is 6. The van der Waals surface area contributed by atoms with E-state index in [0.717, 1.165) is 21.7 Å². The van der Waals surface area contributed by atoms with Crippen molar-refractivity contribution in [2.24, 2.45) is 0 Å². The molecule has 0 unspecified atom stereocenters. The maximum absolute atomic E-state index is 13.1. The van der Waals surface area contributed by atoms with E-state index in [2.05, 4.69) is 17.4 Å². The smallest absolute Gasteiger partial charge is 0.257 e. The first-order valence-electron chi connectivity index (χ1n) is 10.3. The van der Waals surface area contributed by atoms with Gasteiger partial charge in [0.2, 0.25) is 5.75 Å². The van der Waals surface area contributed by atoms with Crippen molar-refractivity contribution in [3.05, 3.63) is 77.9 Å². The van der Waals surface area contributed by atoms with Gasteiger partial charge < -0.3 is 14.2 Å². The summed E-state index contributed by atoms with van der Waals surface area (Å²) in [6.07, 6.45) is 0. The Morgan fingerprint density at radius 1 is 0.848 bits per heavy atom. The van der Waals surface area contributed by atoms with Gasteiger partial charge in [0, 0.05) is 11.1 Å². The molecular weight excluding hydrogens is 436 g/mol. The van der Waals surface area contributed by atoms with Crippen molar-refractivity contribution in [2.75, 3.05) is 26.6 Å². The number of nitrogens with one attached hydrogen (secondary N) is 1. The van der Waals surface area contributed by atoms with E-state index >= 15 is 0 Å². The highest BCUT2D eigenvalue weighted by molar-refractivity contribution is 7.19. The van der Waals surface area contributed by atoms with Crippen LogP contribution >= 0.6 is 11.3 Å². The summed E-state index contributed by atoms with van der Waals surface area (Å²) in [7, 11) is 4.55. The van der Waals surface area contributed by atoms with Crippen molar-refractivity contribution >= 4 is 22.4 Å². The Balaban J connectivity index is 1.72. The number of ether oxygens (including phenoxy) is 3. The Morgan fingerprint density at radius 2 is 1.48 bits per heavy atom. The molecule has 0 bridgehead atoms. The second-order valence-corrected chi connectivity index (χ2v) is 8.30. The minimum Gasteiger partial charge on any atom is -0.493 e. The molecule has 0 aliphatic carbocycles. The Labute approximate surface area is 196 Å². The zero-order chi connectivity index (χ0) is 23.4. The molecule has 7 heteroatoms. The zero-order valence-electron chi connectivity index (χ0n) is 18.8. The lowest BCUT2D eigenvalue weighted by molar-refractivity contribution is 0.102. The average Bonchev–Trinajstić information content (AvgIpc) is 3.27. The van der Waals surface area contributed by atoms with Gasteiger partial charge in [0.1, 0.15) is 0 Å². The van der Waals surface area contributed by atoms with Gasteiger partial charge in [0.05, 0.1) is 31.9 Å². The van der Waals surface area contributed by atoms with Crippen LogP contribution in [0.1, 0.15) is 15.9 Å². The number of methoxy groups -OCH3 is 3. The van der Waals surface area contributed by atoms with Crippen LogP contribution in [0.15, 0.2) is 66.7 Å².